The van der Waals surface area contributed by atoms with Crippen LogP contribution in [0.2, 0.25) is 0 Å². The van der Waals surface area contributed by atoms with Gasteiger partial charge in [0.25, 0.3) is 5.56 Å². The zero-order chi connectivity index (χ0) is 14.1. The van der Waals surface area contributed by atoms with Gasteiger partial charge < -0.3 is 5.11 Å². The summed E-state index contributed by atoms with van der Waals surface area (Å²) in [6.45, 7) is 1.95. The zero-order valence-corrected chi connectivity index (χ0v) is 10.8. The van der Waals surface area contributed by atoms with Crippen LogP contribution in [0, 0.1) is 0 Å². The average molecular weight is 271 g/mol. The molecule has 0 aliphatic heterocycles. The normalized spacial score (nSPS) is 12.7. The molecule has 20 heavy (non-hydrogen) atoms. The van der Waals surface area contributed by atoms with Crippen molar-refractivity contribution in [1.82, 2.24) is 24.4 Å². The highest BCUT2D eigenvalue weighted by molar-refractivity contribution is 5.37. The number of fused-ring (bicyclic) bond motifs is 1. The van der Waals surface area contributed by atoms with Gasteiger partial charge in [0, 0.05) is 12.3 Å². The van der Waals surface area contributed by atoms with Crippen LogP contribution >= 0.6 is 0 Å². The second-order valence-corrected chi connectivity index (χ2v) is 4.53. The number of aliphatic hydroxyl groups excluding tert-OH is 1. The maximum atomic E-state index is 11.9. The number of nitrogens with zero attached hydrogens (tertiary/aromatic N) is 5. The van der Waals surface area contributed by atoms with E-state index in [2.05, 4.69) is 15.3 Å². The molecule has 0 aliphatic carbocycles. The van der Waals surface area contributed by atoms with Crippen LogP contribution in [0.3, 0.4) is 0 Å². The lowest BCUT2D eigenvalue weighted by Gasteiger charge is -2.03. The molecular weight excluding hydrogens is 258 g/mol. The second kappa shape index (κ2) is 4.86. The molecule has 0 fully saturated rings. The maximum absolute atomic E-state index is 11.9. The Kier molecular flexibility index (Phi) is 3.03. The van der Waals surface area contributed by atoms with Gasteiger partial charge in [0.2, 0.25) is 0 Å². The molecule has 0 aliphatic rings. The summed E-state index contributed by atoms with van der Waals surface area (Å²) in [5.74, 6) is 0. The molecule has 0 aromatic carbocycles. The van der Waals surface area contributed by atoms with Crippen molar-refractivity contribution >= 4 is 5.65 Å². The fourth-order valence-electron chi connectivity index (χ4n) is 1.93. The third kappa shape index (κ3) is 2.30. The molecule has 3 aromatic rings. The molecule has 0 saturated heterocycles. The number of aliphatic hydroxyl groups is 1. The summed E-state index contributed by atoms with van der Waals surface area (Å²) in [5, 5.41) is 17.2. The Hall–Kier alpha value is -2.54. The number of hydrogen-bond donors (Lipinski definition) is 1. The van der Waals surface area contributed by atoms with Gasteiger partial charge in [-0.1, -0.05) is 11.3 Å². The van der Waals surface area contributed by atoms with Gasteiger partial charge in [0.1, 0.15) is 11.3 Å². The third-order valence-electron chi connectivity index (χ3n) is 2.93. The smallest absolute Gasteiger partial charge is 0.258 e. The van der Waals surface area contributed by atoms with Crippen molar-refractivity contribution < 1.29 is 5.11 Å². The summed E-state index contributed by atoms with van der Waals surface area (Å²) in [6.07, 6.45) is 2.65. The molecule has 7 heteroatoms. The highest BCUT2D eigenvalue weighted by atomic mass is 16.3. The highest BCUT2D eigenvalue weighted by Crippen LogP contribution is 2.07. The molecule has 0 radical (unpaired) electrons. The van der Waals surface area contributed by atoms with Gasteiger partial charge in [0.05, 0.1) is 24.5 Å². The van der Waals surface area contributed by atoms with Crippen LogP contribution in [0.1, 0.15) is 24.4 Å². The van der Waals surface area contributed by atoms with Gasteiger partial charge in [-0.3, -0.25) is 9.20 Å². The van der Waals surface area contributed by atoms with Crippen molar-refractivity contribution in [2.24, 2.45) is 0 Å². The summed E-state index contributed by atoms with van der Waals surface area (Å²) < 4.78 is 3.02. The molecule has 7 nitrogen and oxygen atoms in total. The van der Waals surface area contributed by atoms with Gasteiger partial charge >= 0.3 is 0 Å². The van der Waals surface area contributed by atoms with Crippen LogP contribution in [0.15, 0.2) is 41.5 Å². The van der Waals surface area contributed by atoms with E-state index in [1.165, 1.54) is 10.5 Å². The highest BCUT2D eigenvalue weighted by Gasteiger charge is 2.08. The van der Waals surface area contributed by atoms with Crippen molar-refractivity contribution in [2.75, 3.05) is 0 Å². The molecule has 0 amide bonds. The Morgan fingerprint density at radius 2 is 2.25 bits per heavy atom. The van der Waals surface area contributed by atoms with Crippen LogP contribution in [-0.4, -0.2) is 29.5 Å². The number of pyridine rings is 1. The van der Waals surface area contributed by atoms with Crippen LogP contribution in [-0.2, 0) is 6.54 Å². The van der Waals surface area contributed by atoms with Gasteiger partial charge in [0.15, 0.2) is 0 Å². The van der Waals surface area contributed by atoms with Gasteiger partial charge in [-0.15, -0.1) is 5.10 Å². The summed E-state index contributed by atoms with van der Waals surface area (Å²) in [4.78, 5) is 16.3. The monoisotopic (exact) mass is 271 g/mol. The standard InChI is InChI=1S/C13H13N5O2/c1-9(19)11-8-17(16-15-11)7-10-6-13(20)18-5-3-2-4-12(18)14-10/h2-6,8-9,19H,7H2,1H3. The molecule has 1 unspecified atom stereocenters. The average Bonchev–Trinajstić information content (AvgIpc) is 2.87. The zero-order valence-electron chi connectivity index (χ0n) is 10.8. The minimum atomic E-state index is -0.668. The molecule has 1 atom stereocenters. The van der Waals surface area contributed by atoms with Crippen LogP contribution in [0.5, 0.6) is 0 Å². The van der Waals surface area contributed by atoms with Gasteiger partial charge in [-0.05, 0) is 19.1 Å². The van der Waals surface area contributed by atoms with Gasteiger partial charge in [-0.2, -0.15) is 0 Å². The number of aromatic nitrogens is 5. The van der Waals surface area contributed by atoms with Crippen molar-refractivity contribution in [2.45, 2.75) is 19.6 Å². The lowest BCUT2D eigenvalue weighted by atomic mass is 10.3. The maximum Gasteiger partial charge on any atom is 0.258 e. The molecule has 3 heterocycles. The van der Waals surface area contributed by atoms with E-state index in [0.29, 0.717) is 23.6 Å². The lowest BCUT2D eigenvalue weighted by Crippen LogP contribution is -2.16. The van der Waals surface area contributed by atoms with E-state index in [4.69, 9.17) is 0 Å². The Bertz CT molecular complexity index is 806. The fourth-order valence-corrected chi connectivity index (χ4v) is 1.93. The Balaban J connectivity index is 1.96. The SMILES string of the molecule is CC(O)c1cn(Cc2cc(=O)n3ccccc3n2)nn1. The molecule has 0 saturated carbocycles. The van der Waals surface area contributed by atoms with E-state index in [0.717, 1.165) is 0 Å². The minimum Gasteiger partial charge on any atom is -0.387 e. The largest absolute Gasteiger partial charge is 0.387 e. The number of hydrogen-bond acceptors (Lipinski definition) is 5. The first-order chi connectivity index (χ1) is 9.63. The first kappa shape index (κ1) is 12.5. The Labute approximate surface area is 114 Å². The molecule has 3 aromatic heterocycles. The third-order valence-corrected chi connectivity index (χ3v) is 2.93. The van der Waals surface area contributed by atoms with E-state index in [1.54, 1.807) is 36.1 Å². The van der Waals surface area contributed by atoms with E-state index < -0.39 is 6.10 Å². The molecular formula is C13H13N5O2. The molecule has 102 valence electrons. The summed E-state index contributed by atoms with van der Waals surface area (Å²) in [7, 11) is 0. The quantitative estimate of drug-likeness (QED) is 0.744. The summed E-state index contributed by atoms with van der Waals surface area (Å²) >= 11 is 0. The predicted molar refractivity (Wildman–Crippen MR) is 71.2 cm³/mol. The Morgan fingerprint density at radius 1 is 1.40 bits per heavy atom. The predicted octanol–water partition coefficient (Wildman–Crippen LogP) is 0.388. The van der Waals surface area contributed by atoms with Crippen molar-refractivity contribution in [1.29, 1.82) is 0 Å². The Morgan fingerprint density at radius 3 is 3.00 bits per heavy atom. The lowest BCUT2D eigenvalue weighted by molar-refractivity contribution is 0.194. The fraction of sp³-hybridized carbons (Fsp3) is 0.231. The molecule has 0 spiro atoms. The topological polar surface area (TPSA) is 85.3 Å². The second-order valence-electron chi connectivity index (χ2n) is 4.53. The summed E-state index contributed by atoms with van der Waals surface area (Å²) in [5.41, 5.74) is 1.54. The van der Waals surface area contributed by atoms with Crippen molar-refractivity contribution in [3.63, 3.8) is 0 Å². The van der Waals surface area contributed by atoms with E-state index in [9.17, 15) is 9.90 Å². The molecule has 0 bridgehead atoms. The molecule has 1 N–H and O–H groups in total. The van der Waals surface area contributed by atoms with E-state index in [1.807, 2.05) is 6.07 Å². The van der Waals surface area contributed by atoms with E-state index in [-0.39, 0.29) is 5.56 Å². The minimum absolute atomic E-state index is 0.138. The van der Waals surface area contributed by atoms with Gasteiger partial charge in [-0.25, -0.2) is 9.67 Å². The summed E-state index contributed by atoms with van der Waals surface area (Å²) in [6, 6.07) is 6.85. The molecule has 3 rings (SSSR count). The van der Waals surface area contributed by atoms with Crippen LogP contribution in [0.4, 0.5) is 0 Å². The van der Waals surface area contributed by atoms with Crippen LogP contribution in [0.25, 0.3) is 5.65 Å². The van der Waals surface area contributed by atoms with Crippen molar-refractivity contribution in [3.05, 3.63) is 58.4 Å². The van der Waals surface area contributed by atoms with E-state index >= 15 is 0 Å². The van der Waals surface area contributed by atoms with Crippen molar-refractivity contribution in [3.8, 4) is 0 Å². The van der Waals surface area contributed by atoms with Crippen LogP contribution < -0.4 is 5.56 Å². The first-order valence-electron chi connectivity index (χ1n) is 6.19. The first-order valence-corrected chi connectivity index (χ1v) is 6.19. The number of rotatable bonds is 3.